The molecule has 3 nitrogen and oxygen atoms in total. The van der Waals surface area contributed by atoms with Crippen molar-refractivity contribution in [3.05, 3.63) is 95.5 Å². The van der Waals surface area contributed by atoms with Crippen LogP contribution in [-0.2, 0) is 12.8 Å². The highest BCUT2D eigenvalue weighted by atomic mass is 19.1. The van der Waals surface area contributed by atoms with Crippen molar-refractivity contribution in [3.63, 3.8) is 0 Å². The minimum Gasteiger partial charge on any atom is -0.493 e. The summed E-state index contributed by atoms with van der Waals surface area (Å²) >= 11 is 0. The van der Waals surface area contributed by atoms with E-state index in [4.69, 9.17) is 4.74 Å². The lowest BCUT2D eigenvalue weighted by Crippen LogP contribution is -2.03. The van der Waals surface area contributed by atoms with Crippen molar-refractivity contribution in [2.75, 3.05) is 6.61 Å². The first-order valence-electron chi connectivity index (χ1n) is 9.59. The first kappa shape index (κ1) is 20.3. The number of para-hydroxylation sites is 1. The molecular formula is C25H25FN2O. The van der Waals surface area contributed by atoms with Crippen molar-refractivity contribution in [3.8, 4) is 5.75 Å². The third-order valence-corrected chi connectivity index (χ3v) is 4.92. The predicted molar refractivity (Wildman–Crippen MR) is 120 cm³/mol. The van der Waals surface area contributed by atoms with Gasteiger partial charge < -0.3 is 9.72 Å². The number of aromatic amines is 1. The number of rotatable bonds is 9. The normalized spacial score (nSPS) is 10.6. The molecule has 0 radical (unpaired) electrons. The number of hydrogen-bond acceptors (Lipinski definition) is 2. The molecule has 0 atom stereocenters. The SMILES string of the molecule is C=Cc1c(C(=C)c2cccc(CCc3ccccc3F)c2OCC)c[nH]c1N=C. The smallest absolute Gasteiger partial charge is 0.137 e. The molecular weight excluding hydrogens is 363 g/mol. The molecule has 1 N–H and O–H groups in total. The van der Waals surface area contributed by atoms with Crippen molar-refractivity contribution in [2.24, 2.45) is 4.99 Å². The summed E-state index contributed by atoms with van der Waals surface area (Å²) in [6.07, 6.45) is 4.85. The monoisotopic (exact) mass is 388 g/mol. The number of hydrogen-bond donors (Lipinski definition) is 1. The van der Waals surface area contributed by atoms with Crippen molar-refractivity contribution in [2.45, 2.75) is 19.8 Å². The Balaban J connectivity index is 1.97. The molecule has 2 aromatic carbocycles. The molecule has 0 aliphatic carbocycles. The Kier molecular flexibility index (Phi) is 6.45. The lowest BCUT2D eigenvalue weighted by atomic mass is 9.93. The molecule has 0 saturated carbocycles. The van der Waals surface area contributed by atoms with Crippen LogP contribution in [0, 0.1) is 5.82 Å². The summed E-state index contributed by atoms with van der Waals surface area (Å²) in [4.78, 5) is 7.10. The number of aliphatic imine (C=N–C) groups is 1. The van der Waals surface area contributed by atoms with Crippen LogP contribution in [0.4, 0.5) is 10.2 Å². The molecule has 0 unspecified atom stereocenters. The van der Waals surface area contributed by atoms with Crippen molar-refractivity contribution < 1.29 is 9.13 Å². The fraction of sp³-hybridized carbons (Fsp3) is 0.160. The summed E-state index contributed by atoms with van der Waals surface area (Å²) in [6.45, 7) is 14.2. The van der Waals surface area contributed by atoms with Crippen LogP contribution in [0.2, 0.25) is 0 Å². The predicted octanol–water partition coefficient (Wildman–Crippen LogP) is 6.37. The Morgan fingerprint density at radius 1 is 1.10 bits per heavy atom. The van der Waals surface area contributed by atoms with E-state index in [-0.39, 0.29) is 5.82 Å². The van der Waals surface area contributed by atoms with Crippen LogP contribution in [0.1, 0.15) is 34.7 Å². The molecule has 4 heteroatoms. The van der Waals surface area contributed by atoms with Crippen LogP contribution in [0.15, 0.2) is 66.8 Å². The first-order valence-corrected chi connectivity index (χ1v) is 9.59. The Morgan fingerprint density at radius 2 is 1.83 bits per heavy atom. The molecule has 3 rings (SSSR count). The highest BCUT2D eigenvalue weighted by molar-refractivity contribution is 5.88. The van der Waals surface area contributed by atoms with Gasteiger partial charge in [0.25, 0.3) is 0 Å². The van der Waals surface area contributed by atoms with Gasteiger partial charge in [-0.3, -0.25) is 0 Å². The zero-order chi connectivity index (χ0) is 20.8. The minimum absolute atomic E-state index is 0.182. The second kappa shape index (κ2) is 9.20. The van der Waals surface area contributed by atoms with Crippen LogP contribution < -0.4 is 4.74 Å². The largest absolute Gasteiger partial charge is 0.493 e. The second-order valence-corrected chi connectivity index (χ2v) is 6.62. The van der Waals surface area contributed by atoms with Gasteiger partial charge in [-0.25, -0.2) is 9.38 Å². The summed E-state index contributed by atoms with van der Waals surface area (Å²) in [6, 6.07) is 12.9. The summed E-state index contributed by atoms with van der Waals surface area (Å²) in [5, 5.41) is 0. The molecule has 0 spiro atoms. The number of ether oxygens (including phenoxy) is 1. The lowest BCUT2D eigenvalue weighted by molar-refractivity contribution is 0.335. The maximum atomic E-state index is 14.0. The van der Waals surface area contributed by atoms with Gasteiger partial charge in [0.05, 0.1) is 6.61 Å². The zero-order valence-corrected chi connectivity index (χ0v) is 16.7. The number of benzene rings is 2. The number of H-pyrrole nitrogens is 1. The van der Waals surface area contributed by atoms with E-state index in [1.165, 1.54) is 6.07 Å². The lowest BCUT2D eigenvalue weighted by Gasteiger charge is -2.17. The number of nitrogens with one attached hydrogen (secondary N) is 1. The highest BCUT2D eigenvalue weighted by Gasteiger charge is 2.17. The Morgan fingerprint density at radius 3 is 2.52 bits per heavy atom. The van der Waals surface area contributed by atoms with E-state index in [0.717, 1.165) is 33.6 Å². The summed E-state index contributed by atoms with van der Waals surface area (Å²) in [5.74, 6) is 1.25. The van der Waals surface area contributed by atoms with Crippen LogP contribution in [-0.4, -0.2) is 18.3 Å². The topological polar surface area (TPSA) is 37.4 Å². The average molecular weight is 388 g/mol. The molecule has 3 aromatic rings. The molecule has 0 saturated heterocycles. The van der Waals surface area contributed by atoms with Gasteiger partial charge >= 0.3 is 0 Å². The van der Waals surface area contributed by atoms with Crippen LogP contribution in [0.25, 0.3) is 11.6 Å². The summed E-state index contributed by atoms with van der Waals surface area (Å²) in [7, 11) is 0. The second-order valence-electron chi connectivity index (χ2n) is 6.62. The van der Waals surface area contributed by atoms with Gasteiger partial charge in [-0.1, -0.05) is 55.6 Å². The van der Waals surface area contributed by atoms with Gasteiger partial charge in [-0.2, -0.15) is 0 Å². The van der Waals surface area contributed by atoms with Gasteiger partial charge in [-0.15, -0.1) is 0 Å². The fourth-order valence-electron chi connectivity index (χ4n) is 3.46. The van der Waals surface area contributed by atoms with E-state index >= 15 is 0 Å². The van der Waals surface area contributed by atoms with E-state index in [9.17, 15) is 4.39 Å². The minimum atomic E-state index is -0.182. The Hall–Kier alpha value is -3.40. The summed E-state index contributed by atoms with van der Waals surface area (Å²) < 4.78 is 20.0. The Labute approximate surface area is 171 Å². The molecule has 0 aliphatic rings. The number of aryl methyl sites for hydroxylation is 2. The molecule has 0 aliphatic heterocycles. The van der Waals surface area contributed by atoms with E-state index in [0.29, 0.717) is 30.8 Å². The summed E-state index contributed by atoms with van der Waals surface area (Å²) in [5.41, 5.74) is 5.17. The number of nitrogens with zero attached hydrogens (tertiary/aromatic N) is 1. The van der Waals surface area contributed by atoms with Crippen molar-refractivity contribution in [1.29, 1.82) is 0 Å². The molecule has 0 bridgehead atoms. The van der Waals surface area contributed by atoms with Crippen LogP contribution >= 0.6 is 0 Å². The van der Waals surface area contributed by atoms with Gasteiger partial charge in [0.2, 0.25) is 0 Å². The van der Waals surface area contributed by atoms with Crippen molar-refractivity contribution in [1.82, 2.24) is 4.98 Å². The van der Waals surface area contributed by atoms with Crippen LogP contribution in [0.3, 0.4) is 0 Å². The van der Waals surface area contributed by atoms with E-state index < -0.39 is 0 Å². The molecule has 1 aromatic heterocycles. The first-order chi connectivity index (χ1) is 14.1. The fourth-order valence-corrected chi connectivity index (χ4v) is 3.46. The van der Waals surface area contributed by atoms with Crippen molar-refractivity contribution >= 4 is 24.2 Å². The maximum absolute atomic E-state index is 14.0. The number of halogens is 1. The van der Waals surface area contributed by atoms with E-state index in [1.807, 2.05) is 43.5 Å². The Bertz CT molecular complexity index is 1050. The molecule has 0 amide bonds. The average Bonchev–Trinajstić information content (AvgIpc) is 3.16. The zero-order valence-electron chi connectivity index (χ0n) is 16.7. The van der Waals surface area contributed by atoms with Gasteiger partial charge in [0.15, 0.2) is 0 Å². The van der Waals surface area contributed by atoms with E-state index in [2.05, 4.69) is 29.9 Å². The van der Waals surface area contributed by atoms with Gasteiger partial charge in [0, 0.05) is 22.9 Å². The molecule has 0 fully saturated rings. The van der Waals surface area contributed by atoms with Gasteiger partial charge in [0.1, 0.15) is 17.4 Å². The highest BCUT2D eigenvalue weighted by Crippen LogP contribution is 2.37. The molecule has 29 heavy (non-hydrogen) atoms. The third-order valence-electron chi connectivity index (χ3n) is 4.92. The molecule has 1 heterocycles. The maximum Gasteiger partial charge on any atom is 0.137 e. The van der Waals surface area contributed by atoms with Gasteiger partial charge in [-0.05, 0) is 49.2 Å². The van der Waals surface area contributed by atoms with E-state index in [1.54, 1.807) is 12.1 Å². The number of aromatic nitrogens is 1. The van der Waals surface area contributed by atoms with Crippen LogP contribution in [0.5, 0.6) is 5.75 Å². The quantitative estimate of drug-likeness (QED) is 0.425. The molecule has 148 valence electrons. The third kappa shape index (κ3) is 4.21. The standard InChI is InChI=1S/C25H25FN2O/c1-5-20-22(16-28-25(20)27-4)17(3)21-12-9-11-19(24(21)29-6-2)15-14-18-10-7-8-13-23(18)26/h5,7-13,16,28H,1,3-4,6,14-15H2,2H3.